The van der Waals surface area contributed by atoms with Crippen molar-refractivity contribution in [3.8, 4) is 5.75 Å². The molecule has 0 fully saturated rings. The number of aldehydes is 1. The number of hydrogen-bond donors (Lipinski definition) is 0. The average Bonchev–Trinajstić information content (AvgIpc) is 2.23. The molecule has 0 bridgehead atoms. The van der Waals surface area contributed by atoms with Crippen molar-refractivity contribution in [2.24, 2.45) is 0 Å². The number of methoxy groups -OCH3 is 1. The van der Waals surface area contributed by atoms with Gasteiger partial charge in [-0.2, -0.15) is 0 Å². The highest BCUT2D eigenvalue weighted by molar-refractivity contribution is 6.37. The Bertz CT molecular complexity index is 343. The first-order valence-electron chi connectivity index (χ1n) is 4.72. The van der Waals surface area contributed by atoms with Crippen molar-refractivity contribution in [1.82, 2.24) is 0 Å². The van der Waals surface area contributed by atoms with Crippen LogP contribution in [-0.2, 0) is 16.0 Å². The van der Waals surface area contributed by atoms with Gasteiger partial charge in [-0.3, -0.25) is 0 Å². The van der Waals surface area contributed by atoms with E-state index in [9.17, 15) is 4.79 Å². The zero-order chi connectivity index (χ0) is 12.0. The molecule has 0 N–H and O–H groups in total. The monoisotopic (exact) mass is 262 g/mol. The molecular formula is C11H12Cl2O3. The fourth-order valence-corrected chi connectivity index (χ4v) is 1.83. The van der Waals surface area contributed by atoms with Crippen LogP contribution in [0.5, 0.6) is 5.75 Å². The highest BCUT2D eigenvalue weighted by Crippen LogP contribution is 2.34. The molecule has 0 aliphatic heterocycles. The van der Waals surface area contributed by atoms with Crippen LogP contribution in [0.3, 0.4) is 0 Å². The Kier molecular flexibility index (Phi) is 5.60. The molecule has 0 heterocycles. The lowest BCUT2D eigenvalue weighted by Crippen LogP contribution is -2.05. The smallest absolute Gasteiger partial charge is 0.156 e. The summed E-state index contributed by atoms with van der Waals surface area (Å²) in [6.07, 6.45) is 1.09. The fraction of sp³-hybridized carbons (Fsp3) is 0.364. The second-order valence-electron chi connectivity index (χ2n) is 3.10. The summed E-state index contributed by atoms with van der Waals surface area (Å²) in [4.78, 5) is 10.4. The summed E-state index contributed by atoms with van der Waals surface area (Å²) in [5, 5.41) is 0.806. The molecule has 3 nitrogen and oxygen atoms in total. The minimum atomic E-state index is 0.289. The largest absolute Gasteiger partial charge is 0.488 e. The summed E-state index contributed by atoms with van der Waals surface area (Å²) in [6, 6.07) is 3.34. The van der Waals surface area contributed by atoms with Crippen LogP contribution in [0, 0.1) is 0 Å². The number of carbonyl (C=O) groups excluding carboxylic acids is 1. The Balaban J connectivity index is 2.80. The van der Waals surface area contributed by atoms with Gasteiger partial charge in [-0.15, -0.1) is 0 Å². The molecule has 16 heavy (non-hydrogen) atoms. The molecule has 0 saturated carbocycles. The Hall–Kier alpha value is -0.770. The molecule has 0 aromatic heterocycles. The minimum absolute atomic E-state index is 0.289. The number of carbonyl (C=O) groups is 1. The molecule has 5 heteroatoms. The lowest BCUT2D eigenvalue weighted by molar-refractivity contribution is -0.107. The first-order valence-corrected chi connectivity index (χ1v) is 5.48. The van der Waals surface area contributed by atoms with Crippen LogP contribution in [-0.4, -0.2) is 26.6 Å². The van der Waals surface area contributed by atoms with Crippen molar-refractivity contribution in [3.05, 3.63) is 27.7 Å². The summed E-state index contributed by atoms with van der Waals surface area (Å²) in [6.45, 7) is 0.839. The van der Waals surface area contributed by atoms with E-state index in [2.05, 4.69) is 0 Å². The van der Waals surface area contributed by atoms with Crippen LogP contribution in [0.15, 0.2) is 12.1 Å². The Labute approximate surface area is 104 Å². The molecular weight excluding hydrogens is 251 g/mol. The molecule has 0 amide bonds. The highest BCUT2D eigenvalue weighted by atomic mass is 35.5. The van der Waals surface area contributed by atoms with Crippen LogP contribution in [0.25, 0.3) is 0 Å². The van der Waals surface area contributed by atoms with Gasteiger partial charge in [0, 0.05) is 13.5 Å². The molecule has 0 aliphatic carbocycles. The lowest BCUT2D eigenvalue weighted by atomic mass is 10.1. The zero-order valence-electron chi connectivity index (χ0n) is 8.83. The van der Waals surface area contributed by atoms with Gasteiger partial charge < -0.3 is 14.3 Å². The number of rotatable bonds is 6. The fourth-order valence-electron chi connectivity index (χ4n) is 1.19. The summed E-state index contributed by atoms with van der Waals surface area (Å²) in [5.74, 6) is 0.426. The van der Waals surface area contributed by atoms with Crippen molar-refractivity contribution in [2.45, 2.75) is 6.42 Å². The maximum Gasteiger partial charge on any atom is 0.156 e. The minimum Gasteiger partial charge on any atom is -0.488 e. The van der Waals surface area contributed by atoms with Crippen LogP contribution in [0.4, 0.5) is 0 Å². The van der Waals surface area contributed by atoms with Gasteiger partial charge in [-0.25, -0.2) is 0 Å². The predicted octanol–water partition coefficient (Wildman–Crippen LogP) is 2.76. The molecule has 0 unspecified atom stereocenters. The topological polar surface area (TPSA) is 35.5 Å². The summed E-state index contributed by atoms with van der Waals surface area (Å²) in [7, 11) is 1.58. The Morgan fingerprint density at radius 3 is 2.38 bits per heavy atom. The molecule has 1 aromatic rings. The molecule has 1 aromatic carbocycles. The van der Waals surface area contributed by atoms with E-state index in [1.54, 1.807) is 19.2 Å². The SMILES string of the molecule is COCCOc1c(Cl)cc(CC=O)cc1Cl. The average molecular weight is 263 g/mol. The van der Waals surface area contributed by atoms with E-state index in [-0.39, 0.29) is 6.42 Å². The van der Waals surface area contributed by atoms with Gasteiger partial charge in [0.1, 0.15) is 12.9 Å². The summed E-state index contributed by atoms with van der Waals surface area (Å²) < 4.78 is 10.2. The van der Waals surface area contributed by atoms with Crippen molar-refractivity contribution in [2.75, 3.05) is 20.3 Å². The van der Waals surface area contributed by atoms with Gasteiger partial charge in [0.25, 0.3) is 0 Å². The number of halogens is 2. The molecule has 0 atom stereocenters. The van der Waals surface area contributed by atoms with Gasteiger partial charge in [0.15, 0.2) is 5.75 Å². The van der Waals surface area contributed by atoms with E-state index in [0.29, 0.717) is 29.0 Å². The molecule has 88 valence electrons. The second-order valence-corrected chi connectivity index (χ2v) is 3.92. The third-order valence-electron chi connectivity index (χ3n) is 1.91. The molecule has 0 radical (unpaired) electrons. The van der Waals surface area contributed by atoms with Gasteiger partial charge in [0.05, 0.1) is 16.7 Å². The number of ether oxygens (including phenoxy) is 2. The summed E-state index contributed by atoms with van der Waals surface area (Å²) >= 11 is 12.0. The van der Waals surface area contributed by atoms with Gasteiger partial charge in [-0.05, 0) is 17.7 Å². The van der Waals surface area contributed by atoms with Gasteiger partial charge in [-0.1, -0.05) is 23.2 Å². The first kappa shape index (κ1) is 13.3. The van der Waals surface area contributed by atoms with Crippen LogP contribution < -0.4 is 4.74 Å². The van der Waals surface area contributed by atoms with E-state index in [1.807, 2.05) is 0 Å². The Morgan fingerprint density at radius 1 is 1.25 bits per heavy atom. The lowest BCUT2D eigenvalue weighted by Gasteiger charge is -2.10. The summed E-state index contributed by atoms with van der Waals surface area (Å²) in [5.41, 5.74) is 0.768. The van der Waals surface area contributed by atoms with E-state index >= 15 is 0 Å². The molecule has 1 rings (SSSR count). The normalized spacial score (nSPS) is 10.2. The molecule has 0 aliphatic rings. The molecule has 0 saturated heterocycles. The van der Waals surface area contributed by atoms with Crippen molar-refractivity contribution >= 4 is 29.5 Å². The third kappa shape index (κ3) is 3.67. The van der Waals surface area contributed by atoms with Crippen molar-refractivity contribution < 1.29 is 14.3 Å². The predicted molar refractivity (Wildman–Crippen MR) is 63.6 cm³/mol. The van der Waals surface area contributed by atoms with E-state index in [0.717, 1.165) is 11.8 Å². The van der Waals surface area contributed by atoms with E-state index in [1.165, 1.54) is 0 Å². The third-order valence-corrected chi connectivity index (χ3v) is 2.47. The first-order chi connectivity index (χ1) is 7.69. The van der Waals surface area contributed by atoms with Crippen LogP contribution in [0.2, 0.25) is 10.0 Å². The molecule has 0 spiro atoms. The van der Waals surface area contributed by atoms with E-state index in [4.69, 9.17) is 32.7 Å². The second kappa shape index (κ2) is 6.74. The van der Waals surface area contributed by atoms with Crippen molar-refractivity contribution in [1.29, 1.82) is 0 Å². The highest BCUT2D eigenvalue weighted by Gasteiger charge is 2.09. The van der Waals surface area contributed by atoms with Crippen molar-refractivity contribution in [3.63, 3.8) is 0 Å². The standard InChI is InChI=1S/C11H12Cl2O3/c1-15-4-5-16-11-9(12)6-8(2-3-14)7-10(11)13/h3,6-7H,2,4-5H2,1H3. The zero-order valence-corrected chi connectivity index (χ0v) is 10.3. The van der Waals surface area contributed by atoms with Crippen LogP contribution >= 0.6 is 23.2 Å². The van der Waals surface area contributed by atoms with Crippen LogP contribution in [0.1, 0.15) is 5.56 Å². The quantitative estimate of drug-likeness (QED) is 0.584. The number of hydrogen-bond acceptors (Lipinski definition) is 3. The van der Waals surface area contributed by atoms with Gasteiger partial charge >= 0.3 is 0 Å². The van der Waals surface area contributed by atoms with E-state index < -0.39 is 0 Å². The van der Waals surface area contributed by atoms with Gasteiger partial charge in [0.2, 0.25) is 0 Å². The Morgan fingerprint density at radius 2 is 1.88 bits per heavy atom. The maximum atomic E-state index is 10.4. The maximum absolute atomic E-state index is 10.4. The number of benzene rings is 1.